The first kappa shape index (κ1) is 18.3. The van der Waals surface area contributed by atoms with Crippen molar-refractivity contribution in [2.24, 2.45) is 17.3 Å². The van der Waals surface area contributed by atoms with Crippen LogP contribution >= 0.6 is 0 Å². The molecule has 1 aliphatic carbocycles. The minimum atomic E-state index is -2.10. The maximum absolute atomic E-state index is 14.8. The van der Waals surface area contributed by atoms with Crippen LogP contribution in [0.1, 0.15) is 24.3 Å². The molecule has 4 rings (SSSR count). The molecular formula is C21H18F2N5+. The quantitative estimate of drug-likeness (QED) is 0.730. The fraction of sp³-hybridized carbons (Fsp3) is 0.429. The molecule has 3 aliphatic rings. The van der Waals surface area contributed by atoms with Gasteiger partial charge in [-0.05, 0) is 23.8 Å². The van der Waals surface area contributed by atoms with E-state index in [9.17, 15) is 24.6 Å². The lowest BCUT2D eigenvalue weighted by Gasteiger charge is -2.48. The number of nitrogens with one attached hydrogen (secondary N) is 2. The van der Waals surface area contributed by atoms with Gasteiger partial charge in [-0.25, -0.2) is 8.78 Å². The van der Waals surface area contributed by atoms with Crippen LogP contribution in [-0.4, -0.2) is 24.8 Å². The van der Waals surface area contributed by atoms with Crippen LogP contribution in [0.15, 0.2) is 29.8 Å². The first-order chi connectivity index (χ1) is 13.4. The number of nitrogens with zero attached hydrogens (tertiary/aromatic N) is 3. The summed E-state index contributed by atoms with van der Waals surface area (Å²) in [7, 11) is 1.99. The zero-order valence-corrected chi connectivity index (χ0v) is 15.2. The second kappa shape index (κ2) is 6.23. The summed E-state index contributed by atoms with van der Waals surface area (Å²) in [5.41, 5.74) is -2.17. The van der Waals surface area contributed by atoms with Gasteiger partial charge in [0.2, 0.25) is 0 Å². The maximum atomic E-state index is 14.8. The molecule has 2 bridgehead atoms. The van der Waals surface area contributed by atoms with Gasteiger partial charge >= 0.3 is 0 Å². The van der Waals surface area contributed by atoms with Crippen LogP contribution in [0.3, 0.4) is 0 Å². The molecule has 5 nitrogen and oxygen atoms in total. The van der Waals surface area contributed by atoms with E-state index in [2.05, 4.69) is 6.07 Å². The van der Waals surface area contributed by atoms with E-state index in [0.717, 1.165) is 29.9 Å². The molecule has 1 saturated heterocycles. The first-order valence-electron chi connectivity index (χ1n) is 9.21. The fourth-order valence-electron chi connectivity index (χ4n) is 5.51. The van der Waals surface area contributed by atoms with E-state index in [-0.39, 0.29) is 23.4 Å². The van der Waals surface area contributed by atoms with Crippen molar-refractivity contribution in [2.75, 3.05) is 7.05 Å². The number of rotatable bonds is 1. The highest BCUT2D eigenvalue weighted by Gasteiger charge is 2.63. The lowest BCUT2D eigenvalue weighted by molar-refractivity contribution is -0.916. The molecule has 0 amide bonds. The third kappa shape index (κ3) is 2.13. The van der Waals surface area contributed by atoms with Crippen LogP contribution in [0.25, 0.3) is 0 Å². The summed E-state index contributed by atoms with van der Waals surface area (Å²) in [6.45, 7) is 0. The summed E-state index contributed by atoms with van der Waals surface area (Å²) >= 11 is 0. The third-order valence-electron chi connectivity index (χ3n) is 6.84. The Bertz CT molecular complexity index is 990. The Hall–Kier alpha value is -3.08. The van der Waals surface area contributed by atoms with E-state index in [0.29, 0.717) is 5.57 Å². The van der Waals surface area contributed by atoms with Crippen molar-refractivity contribution < 1.29 is 13.7 Å². The second-order valence-corrected chi connectivity index (χ2v) is 7.85. The smallest absolute Gasteiger partial charge is 0.190 e. The van der Waals surface area contributed by atoms with Crippen LogP contribution in [0.2, 0.25) is 0 Å². The Morgan fingerprint density at radius 1 is 1.14 bits per heavy atom. The van der Waals surface area contributed by atoms with Crippen molar-refractivity contribution in [3.63, 3.8) is 0 Å². The molecule has 1 aromatic carbocycles. The van der Waals surface area contributed by atoms with E-state index in [1.165, 1.54) is 6.07 Å². The zero-order valence-electron chi connectivity index (χ0n) is 15.2. The van der Waals surface area contributed by atoms with Gasteiger partial charge in [0, 0.05) is 30.2 Å². The summed E-state index contributed by atoms with van der Waals surface area (Å²) in [5, 5.41) is 38.2. The van der Waals surface area contributed by atoms with E-state index in [4.69, 9.17) is 5.41 Å². The molecule has 6 atom stereocenters. The predicted molar refractivity (Wildman–Crippen MR) is 94.9 cm³/mol. The number of fused-ring (bicyclic) bond motifs is 4. The van der Waals surface area contributed by atoms with Gasteiger partial charge in [-0.15, -0.1) is 0 Å². The minimum Gasteiger partial charge on any atom is -0.329 e. The monoisotopic (exact) mass is 378 g/mol. The number of hydrogen-bond donors (Lipinski definition) is 2. The standard InChI is InChI=1S/C21H17F2N5/c1-28-11-5-6-16(28)17-12(7-11)13(8-24)20(27)21(9-25,10-26)19(17)18-14(22)3-2-4-15(18)23/h2-4,7,11,13,16-17,19,27H,5-6H2,1H3/p+1/t11-,13?,16+,17+,19-/m0/s1. The lowest BCUT2D eigenvalue weighted by Crippen LogP contribution is -3.15. The Morgan fingerprint density at radius 3 is 2.36 bits per heavy atom. The van der Waals surface area contributed by atoms with Crippen molar-refractivity contribution in [1.82, 2.24) is 0 Å². The average molecular weight is 378 g/mol. The second-order valence-electron chi connectivity index (χ2n) is 7.85. The van der Waals surface area contributed by atoms with Crippen molar-refractivity contribution in [3.8, 4) is 18.2 Å². The van der Waals surface area contributed by atoms with Gasteiger partial charge in [0.15, 0.2) is 5.41 Å². The van der Waals surface area contributed by atoms with Crippen LogP contribution < -0.4 is 4.90 Å². The minimum absolute atomic E-state index is 0.0703. The van der Waals surface area contributed by atoms with Crippen LogP contribution in [0.5, 0.6) is 0 Å². The number of benzene rings is 1. The molecule has 0 spiro atoms. The summed E-state index contributed by atoms with van der Waals surface area (Å²) in [4.78, 5) is 1.16. The van der Waals surface area contributed by atoms with Gasteiger partial charge in [0.1, 0.15) is 23.6 Å². The molecule has 1 saturated carbocycles. The van der Waals surface area contributed by atoms with E-state index in [1.807, 2.05) is 25.3 Å². The molecule has 7 heteroatoms. The largest absolute Gasteiger partial charge is 0.329 e. The Labute approximate surface area is 161 Å². The highest BCUT2D eigenvalue weighted by molar-refractivity contribution is 6.00. The molecule has 2 N–H and O–H groups in total. The van der Waals surface area contributed by atoms with Crippen molar-refractivity contribution >= 4 is 5.71 Å². The number of nitriles is 3. The third-order valence-corrected chi connectivity index (χ3v) is 6.84. The molecule has 2 unspecified atom stereocenters. The van der Waals surface area contributed by atoms with E-state index >= 15 is 0 Å². The normalized spacial score (nSPS) is 35.1. The van der Waals surface area contributed by atoms with Crippen LogP contribution in [0.4, 0.5) is 8.78 Å². The van der Waals surface area contributed by atoms with Gasteiger partial charge in [0.25, 0.3) is 0 Å². The van der Waals surface area contributed by atoms with Gasteiger partial charge < -0.3 is 10.3 Å². The number of likely N-dealkylation sites (N-methyl/N-ethyl adjacent to an activating group) is 1. The zero-order chi connectivity index (χ0) is 20.2. The Kier molecular flexibility index (Phi) is 4.07. The van der Waals surface area contributed by atoms with Crippen molar-refractivity contribution in [3.05, 3.63) is 47.0 Å². The van der Waals surface area contributed by atoms with Gasteiger partial charge in [0.05, 0.1) is 37.0 Å². The van der Waals surface area contributed by atoms with E-state index < -0.39 is 34.8 Å². The van der Waals surface area contributed by atoms with Crippen molar-refractivity contribution in [1.29, 1.82) is 21.2 Å². The van der Waals surface area contributed by atoms with Gasteiger partial charge in [-0.2, -0.15) is 15.8 Å². The van der Waals surface area contributed by atoms with Gasteiger partial charge in [-0.3, -0.25) is 0 Å². The molecule has 0 radical (unpaired) electrons. The summed E-state index contributed by atoms with van der Waals surface area (Å²) in [6, 6.07) is 9.39. The van der Waals surface area contributed by atoms with Crippen LogP contribution in [-0.2, 0) is 0 Å². The molecule has 2 fully saturated rings. The van der Waals surface area contributed by atoms with Crippen LogP contribution in [0, 0.1) is 68.3 Å². The summed E-state index contributed by atoms with van der Waals surface area (Å²) in [5.74, 6) is -4.42. The summed E-state index contributed by atoms with van der Waals surface area (Å²) in [6.07, 6.45) is 3.57. The molecule has 140 valence electrons. The first-order valence-corrected chi connectivity index (χ1v) is 9.21. The predicted octanol–water partition coefficient (Wildman–Crippen LogP) is 1.86. The number of quaternary nitrogens is 1. The highest BCUT2D eigenvalue weighted by atomic mass is 19.1. The Balaban J connectivity index is 2.06. The SMILES string of the molecule is C[NH+]1[C@@H]2C=C3C(C#N)C(=N)C(C#N)(C#N)[C@H](c4c(F)cccc4F)[C@H]3[C@H]1CC2. The average Bonchev–Trinajstić information content (AvgIpc) is 2.91. The maximum Gasteiger partial charge on any atom is 0.190 e. The topological polar surface area (TPSA) is 99.7 Å². The number of hydrogen-bond acceptors (Lipinski definition) is 4. The lowest BCUT2D eigenvalue weighted by atomic mass is 9.52. The van der Waals surface area contributed by atoms with Crippen molar-refractivity contribution in [2.45, 2.75) is 30.8 Å². The molecule has 2 aliphatic heterocycles. The molecular weight excluding hydrogens is 360 g/mol. The molecule has 0 aromatic heterocycles. The molecule has 28 heavy (non-hydrogen) atoms. The Morgan fingerprint density at radius 2 is 1.79 bits per heavy atom. The number of halogens is 2. The summed E-state index contributed by atoms with van der Waals surface area (Å²) < 4.78 is 29.7. The molecule has 1 aromatic rings. The van der Waals surface area contributed by atoms with Gasteiger partial charge in [-0.1, -0.05) is 6.07 Å². The van der Waals surface area contributed by atoms with E-state index in [1.54, 1.807) is 0 Å². The molecule has 2 heterocycles. The fourth-order valence-corrected chi connectivity index (χ4v) is 5.51. The highest BCUT2D eigenvalue weighted by Crippen LogP contribution is 2.56.